The van der Waals surface area contributed by atoms with Crippen LogP contribution in [0.4, 0.5) is 8.78 Å². The van der Waals surface area contributed by atoms with Crippen LogP contribution >= 0.6 is 0 Å². The van der Waals surface area contributed by atoms with Gasteiger partial charge in [0.1, 0.15) is 11.6 Å². The van der Waals surface area contributed by atoms with Crippen LogP contribution in [0.1, 0.15) is 56.8 Å². The molecule has 2 aromatic carbocycles. The number of allylic oxidation sites excluding steroid dienone is 2. The van der Waals surface area contributed by atoms with Crippen molar-refractivity contribution in [2.45, 2.75) is 57.5 Å². The van der Waals surface area contributed by atoms with Crippen LogP contribution in [0.15, 0.2) is 71.0 Å². The molecule has 214 valence electrons. The molecule has 1 unspecified atom stereocenters. The number of sulfone groups is 1. The Morgan fingerprint density at radius 2 is 1.79 bits per heavy atom. The Kier molecular flexibility index (Phi) is 12.8. The molecule has 2 rings (SSSR count). The highest BCUT2D eigenvalue weighted by molar-refractivity contribution is 7.90. The Morgan fingerprint density at radius 1 is 1.10 bits per heavy atom. The van der Waals surface area contributed by atoms with Crippen LogP contribution < -0.4 is 5.32 Å². The molecule has 0 fully saturated rings. The summed E-state index contributed by atoms with van der Waals surface area (Å²) in [6.45, 7) is 6.97. The molecule has 0 aliphatic carbocycles. The first-order valence-electron chi connectivity index (χ1n) is 13.3. The summed E-state index contributed by atoms with van der Waals surface area (Å²) in [4.78, 5) is 15.1. The van der Waals surface area contributed by atoms with Crippen molar-refractivity contribution in [3.63, 3.8) is 0 Å². The molecular weight excluding hydrogens is 522 g/mol. The van der Waals surface area contributed by atoms with E-state index in [1.165, 1.54) is 36.4 Å². The van der Waals surface area contributed by atoms with Gasteiger partial charge in [-0.15, -0.1) is 0 Å². The molecule has 0 spiro atoms. The lowest BCUT2D eigenvalue weighted by molar-refractivity contribution is 0.0949. The number of benzene rings is 2. The predicted molar refractivity (Wildman–Crippen MR) is 152 cm³/mol. The fourth-order valence-electron chi connectivity index (χ4n) is 4.24. The largest absolute Gasteiger partial charge is 0.381 e. The highest BCUT2D eigenvalue weighted by Gasteiger charge is 2.19. The number of methoxy groups -OCH3 is 1. The molecular formula is C30H40F2N2O4S. The molecule has 0 aliphatic rings. The summed E-state index contributed by atoms with van der Waals surface area (Å²) in [5.41, 5.74) is 1.68. The number of carbonyl (C=O) groups is 1. The van der Waals surface area contributed by atoms with Crippen LogP contribution in [-0.4, -0.2) is 58.3 Å². The average Bonchev–Trinajstić information content (AvgIpc) is 2.91. The fourth-order valence-corrected chi connectivity index (χ4v) is 4.88. The number of nitrogens with one attached hydrogen (secondary N) is 1. The number of rotatable bonds is 15. The van der Waals surface area contributed by atoms with E-state index in [1.807, 2.05) is 24.8 Å². The lowest BCUT2D eigenvalue weighted by atomic mass is 9.99. The second kappa shape index (κ2) is 15.5. The van der Waals surface area contributed by atoms with E-state index in [4.69, 9.17) is 4.74 Å². The summed E-state index contributed by atoms with van der Waals surface area (Å²) in [7, 11) is -1.93. The standard InChI is InChI=1S/C30H40F2N2O4S/c1-6-9-24(38-4)15-18-28(32)29(10-7-2)34(8-3)20-19-33-30(35)27-21-25(39(5,36)37)16-17-26(27)22-11-13-23(31)14-12-22/h10-14,16-18,21,24H,6-9,15,19-20H2,1-5H3,(H,33,35)/b28-18+,29-10+. The van der Waals surface area contributed by atoms with Crippen molar-refractivity contribution in [1.29, 1.82) is 0 Å². The Hall–Kier alpha value is -3.04. The van der Waals surface area contributed by atoms with Gasteiger partial charge in [-0.25, -0.2) is 17.2 Å². The molecule has 0 saturated carbocycles. The van der Waals surface area contributed by atoms with Gasteiger partial charge in [-0.2, -0.15) is 0 Å². The Bertz CT molecular complexity index is 1260. The summed E-state index contributed by atoms with van der Waals surface area (Å²) in [6.07, 6.45) is 7.30. The lowest BCUT2D eigenvalue weighted by Crippen LogP contribution is -2.35. The minimum absolute atomic E-state index is 0.00602. The summed E-state index contributed by atoms with van der Waals surface area (Å²) >= 11 is 0. The third-order valence-electron chi connectivity index (χ3n) is 6.35. The molecule has 0 radical (unpaired) electrons. The molecule has 0 aromatic heterocycles. The summed E-state index contributed by atoms with van der Waals surface area (Å²) in [6, 6.07) is 9.93. The van der Waals surface area contributed by atoms with Crippen LogP contribution in [0.25, 0.3) is 11.1 Å². The molecule has 39 heavy (non-hydrogen) atoms. The van der Waals surface area contributed by atoms with Crippen LogP contribution in [-0.2, 0) is 14.6 Å². The third-order valence-corrected chi connectivity index (χ3v) is 7.47. The van der Waals surface area contributed by atoms with Crippen LogP contribution in [0.3, 0.4) is 0 Å². The van der Waals surface area contributed by atoms with Crippen LogP contribution in [0, 0.1) is 5.82 Å². The predicted octanol–water partition coefficient (Wildman–Crippen LogP) is 6.30. The zero-order valence-corrected chi connectivity index (χ0v) is 24.3. The highest BCUT2D eigenvalue weighted by atomic mass is 32.2. The lowest BCUT2D eigenvalue weighted by Gasteiger charge is -2.26. The number of amides is 1. The van der Waals surface area contributed by atoms with Gasteiger partial charge in [-0.3, -0.25) is 4.79 Å². The van der Waals surface area contributed by atoms with Crippen molar-refractivity contribution in [2.24, 2.45) is 0 Å². The zero-order valence-electron chi connectivity index (χ0n) is 23.5. The quantitative estimate of drug-likeness (QED) is 0.258. The van der Waals surface area contributed by atoms with Crippen molar-refractivity contribution >= 4 is 15.7 Å². The molecule has 1 amide bonds. The summed E-state index contributed by atoms with van der Waals surface area (Å²) in [5.74, 6) is -1.23. The number of nitrogens with zero attached hydrogens (tertiary/aromatic N) is 1. The minimum atomic E-state index is -3.56. The van der Waals surface area contributed by atoms with E-state index < -0.39 is 21.6 Å². The van der Waals surface area contributed by atoms with Crippen molar-refractivity contribution in [3.8, 4) is 11.1 Å². The number of hydrogen-bond donors (Lipinski definition) is 1. The van der Waals surface area contributed by atoms with Crippen LogP contribution in [0.2, 0.25) is 0 Å². The van der Waals surface area contributed by atoms with E-state index in [0.717, 1.165) is 19.1 Å². The van der Waals surface area contributed by atoms with Crippen molar-refractivity contribution in [3.05, 3.63) is 77.5 Å². The smallest absolute Gasteiger partial charge is 0.252 e. The molecule has 1 atom stereocenters. The molecule has 1 N–H and O–H groups in total. The number of ether oxygens (including phenoxy) is 1. The number of hydrogen-bond acceptors (Lipinski definition) is 5. The van der Waals surface area contributed by atoms with Gasteiger partial charge in [0, 0.05) is 38.6 Å². The monoisotopic (exact) mass is 562 g/mol. The highest BCUT2D eigenvalue weighted by Crippen LogP contribution is 2.27. The molecule has 2 aromatic rings. The van der Waals surface area contributed by atoms with Gasteiger partial charge in [0.15, 0.2) is 9.84 Å². The van der Waals surface area contributed by atoms with Crippen molar-refractivity contribution in [2.75, 3.05) is 33.0 Å². The Balaban J connectivity index is 2.23. The van der Waals surface area contributed by atoms with E-state index in [-0.39, 0.29) is 28.9 Å². The Morgan fingerprint density at radius 3 is 2.36 bits per heavy atom. The van der Waals surface area contributed by atoms with E-state index >= 15 is 4.39 Å². The Labute approximate surface area is 231 Å². The van der Waals surface area contributed by atoms with Gasteiger partial charge in [-0.05, 0) is 67.7 Å². The van der Waals surface area contributed by atoms with Gasteiger partial charge in [0.05, 0.1) is 16.7 Å². The molecule has 0 aliphatic heterocycles. The zero-order chi connectivity index (χ0) is 29.0. The van der Waals surface area contributed by atoms with Gasteiger partial charge in [0.25, 0.3) is 5.91 Å². The molecule has 0 saturated heterocycles. The normalized spacial score (nSPS) is 13.3. The van der Waals surface area contributed by atoms with E-state index in [0.29, 0.717) is 42.8 Å². The van der Waals surface area contributed by atoms with E-state index in [2.05, 4.69) is 12.2 Å². The third kappa shape index (κ3) is 9.58. The molecule has 9 heteroatoms. The number of halogens is 2. The van der Waals surface area contributed by atoms with E-state index in [1.54, 1.807) is 19.3 Å². The maximum Gasteiger partial charge on any atom is 0.252 e. The van der Waals surface area contributed by atoms with Crippen LogP contribution in [0.5, 0.6) is 0 Å². The second-order valence-corrected chi connectivity index (χ2v) is 11.3. The maximum absolute atomic E-state index is 15.2. The van der Waals surface area contributed by atoms with Crippen molar-refractivity contribution in [1.82, 2.24) is 10.2 Å². The second-order valence-electron chi connectivity index (χ2n) is 9.25. The fraction of sp³-hybridized carbons (Fsp3) is 0.433. The summed E-state index contributed by atoms with van der Waals surface area (Å²) < 4.78 is 58.4. The maximum atomic E-state index is 15.2. The van der Waals surface area contributed by atoms with Gasteiger partial charge >= 0.3 is 0 Å². The number of likely N-dealkylation sites (N-methyl/N-ethyl adjacent to an activating group) is 1. The molecule has 0 bridgehead atoms. The number of carbonyl (C=O) groups excluding carboxylic acids is 1. The summed E-state index contributed by atoms with van der Waals surface area (Å²) in [5, 5.41) is 2.84. The SMILES string of the molecule is CC/C=C(\C(F)=C/CC(CCC)OC)N(CC)CCNC(=O)c1cc(S(C)(=O)=O)ccc1-c1ccc(F)cc1. The minimum Gasteiger partial charge on any atom is -0.381 e. The van der Waals surface area contributed by atoms with E-state index in [9.17, 15) is 17.6 Å². The topological polar surface area (TPSA) is 75.7 Å². The molecule has 6 nitrogen and oxygen atoms in total. The first-order chi connectivity index (χ1) is 18.5. The first kappa shape index (κ1) is 32.2. The molecule has 0 heterocycles. The van der Waals surface area contributed by atoms with Gasteiger partial charge < -0.3 is 15.0 Å². The van der Waals surface area contributed by atoms with Gasteiger partial charge in [0.2, 0.25) is 0 Å². The van der Waals surface area contributed by atoms with Gasteiger partial charge in [-0.1, -0.05) is 44.5 Å². The van der Waals surface area contributed by atoms with Crippen molar-refractivity contribution < 1.29 is 26.7 Å². The first-order valence-corrected chi connectivity index (χ1v) is 15.2. The average molecular weight is 563 g/mol.